The van der Waals surface area contributed by atoms with Gasteiger partial charge in [-0.05, 0) is 62.7 Å². The fourth-order valence-corrected chi connectivity index (χ4v) is 3.43. The Balaban J connectivity index is 2.14. The molecule has 2 aromatic carbocycles. The number of aryl methyl sites for hydroxylation is 1. The van der Waals surface area contributed by atoms with Crippen LogP contribution in [0.3, 0.4) is 0 Å². The number of halogens is 3. The van der Waals surface area contributed by atoms with Crippen LogP contribution in [-0.4, -0.2) is 34.3 Å². The molecule has 0 radical (unpaired) electrons. The molecule has 0 bridgehead atoms. The lowest BCUT2D eigenvalue weighted by molar-refractivity contribution is -0.137. The molecule has 0 aliphatic carbocycles. The maximum absolute atomic E-state index is 13.4. The number of nitrogens with one attached hydrogen (secondary N) is 1. The molecule has 0 aliphatic rings. The van der Waals surface area contributed by atoms with Crippen LogP contribution in [0.15, 0.2) is 55.0 Å². The fourth-order valence-electron chi connectivity index (χ4n) is 3.43. The predicted molar refractivity (Wildman–Crippen MR) is 129 cm³/mol. The van der Waals surface area contributed by atoms with Crippen molar-refractivity contribution in [1.29, 1.82) is 0 Å². The van der Waals surface area contributed by atoms with Crippen LogP contribution < -0.4 is 16.0 Å². The summed E-state index contributed by atoms with van der Waals surface area (Å²) < 4.78 is 46.9. The van der Waals surface area contributed by atoms with Crippen LogP contribution in [0.2, 0.25) is 0 Å². The summed E-state index contributed by atoms with van der Waals surface area (Å²) in [5, 5.41) is 3.23. The van der Waals surface area contributed by atoms with Gasteiger partial charge in [0.2, 0.25) is 0 Å². The number of carbonyl (C=O) groups excluding carboxylic acids is 1. The first-order valence-corrected chi connectivity index (χ1v) is 11.1. The highest BCUT2D eigenvalue weighted by Crippen LogP contribution is 2.38. The van der Waals surface area contributed by atoms with E-state index in [1.54, 1.807) is 43.9 Å². The number of aromatic nitrogens is 2. The molecule has 0 saturated carbocycles. The van der Waals surface area contributed by atoms with E-state index in [9.17, 15) is 18.0 Å². The summed E-state index contributed by atoms with van der Waals surface area (Å²) in [6.07, 6.45) is -1.78. The minimum absolute atomic E-state index is 0.235. The Labute approximate surface area is 202 Å². The number of alkyl halides is 3. The monoisotopic (exact) mass is 489 g/mol. The summed E-state index contributed by atoms with van der Waals surface area (Å²) in [4.78, 5) is 19.1. The maximum Gasteiger partial charge on any atom is 0.419 e. The second-order valence-corrected chi connectivity index (χ2v) is 9.10. The van der Waals surface area contributed by atoms with Gasteiger partial charge in [0.25, 0.3) is 0 Å². The van der Waals surface area contributed by atoms with E-state index in [0.717, 1.165) is 17.7 Å². The zero-order valence-electron chi connectivity index (χ0n) is 20.2. The third kappa shape index (κ3) is 6.83. The molecule has 10 heteroatoms. The number of carbonyl (C=O) groups is 1. The van der Waals surface area contributed by atoms with Crippen LogP contribution in [0, 0.1) is 0 Å². The molecule has 1 amide bonds. The van der Waals surface area contributed by atoms with Crippen molar-refractivity contribution in [1.82, 2.24) is 14.9 Å². The van der Waals surface area contributed by atoms with E-state index in [4.69, 9.17) is 10.5 Å². The van der Waals surface area contributed by atoms with Gasteiger partial charge in [0.05, 0.1) is 29.0 Å². The fraction of sp³-hybridized carbons (Fsp3) is 0.360. The summed E-state index contributed by atoms with van der Waals surface area (Å²) in [5.41, 5.74) is 6.76. The maximum atomic E-state index is 13.4. The Morgan fingerprint density at radius 2 is 1.83 bits per heavy atom. The van der Waals surface area contributed by atoms with Crippen LogP contribution >= 0.6 is 0 Å². The summed E-state index contributed by atoms with van der Waals surface area (Å²) in [6.45, 7) is 6.84. The van der Waals surface area contributed by atoms with Crippen molar-refractivity contribution in [2.24, 2.45) is 12.8 Å². The Hall–Kier alpha value is -3.37. The lowest BCUT2D eigenvalue weighted by Crippen LogP contribution is -2.34. The Bertz CT molecular complexity index is 1150. The minimum atomic E-state index is -4.49. The first kappa shape index (κ1) is 26.2. The normalized spacial score (nSPS) is 12.0. The van der Waals surface area contributed by atoms with Crippen molar-refractivity contribution in [3.8, 4) is 11.3 Å². The second kappa shape index (κ2) is 10.5. The topological polar surface area (TPSA) is 85.4 Å². The summed E-state index contributed by atoms with van der Waals surface area (Å²) in [7, 11) is 1.82. The first-order valence-electron chi connectivity index (χ1n) is 11.1. The van der Waals surface area contributed by atoms with E-state index < -0.39 is 23.4 Å². The van der Waals surface area contributed by atoms with Gasteiger partial charge >= 0.3 is 12.3 Å². The zero-order valence-corrected chi connectivity index (χ0v) is 20.2. The van der Waals surface area contributed by atoms with Gasteiger partial charge in [-0.15, -0.1) is 0 Å². The zero-order chi connectivity index (χ0) is 25.8. The van der Waals surface area contributed by atoms with Gasteiger partial charge in [-0.2, -0.15) is 13.2 Å². The smallest absolute Gasteiger partial charge is 0.419 e. The van der Waals surface area contributed by atoms with Crippen LogP contribution in [-0.2, 0) is 24.5 Å². The van der Waals surface area contributed by atoms with Gasteiger partial charge in [0, 0.05) is 38.4 Å². The first-order chi connectivity index (χ1) is 16.4. The molecule has 7 nitrogen and oxygen atoms in total. The summed E-state index contributed by atoms with van der Waals surface area (Å²) >= 11 is 0. The number of nitrogens with zero attached hydrogens (tertiary/aromatic N) is 3. The van der Waals surface area contributed by atoms with Gasteiger partial charge in [-0.1, -0.05) is 6.07 Å². The van der Waals surface area contributed by atoms with Crippen molar-refractivity contribution < 1.29 is 22.7 Å². The molecule has 188 valence electrons. The van der Waals surface area contributed by atoms with Gasteiger partial charge in [-0.25, -0.2) is 14.7 Å². The van der Waals surface area contributed by atoms with Crippen LogP contribution in [0.25, 0.3) is 11.3 Å². The average molecular weight is 490 g/mol. The van der Waals surface area contributed by atoms with Gasteiger partial charge < -0.3 is 20.4 Å². The molecule has 1 heterocycles. The second-order valence-electron chi connectivity index (χ2n) is 9.10. The third-order valence-corrected chi connectivity index (χ3v) is 4.96. The molecular weight excluding hydrogens is 459 g/mol. The number of nitrogens with two attached hydrogens (primary N) is 1. The number of benzene rings is 2. The van der Waals surface area contributed by atoms with Gasteiger partial charge in [0.1, 0.15) is 5.60 Å². The standard InChI is InChI=1S/C25H30F3N5O2/c1-24(2,3)35-23(34)33(19-8-6-18(7-9-19)25(26,27)28)22-10-5-17(14-30-12-11-29)13-20(22)21-15-32(4)16-31-21/h5-10,13,15-16,30H,11-12,14,29H2,1-4H3. The highest BCUT2D eigenvalue weighted by Gasteiger charge is 2.32. The minimum Gasteiger partial charge on any atom is -0.443 e. The Morgan fingerprint density at radius 1 is 1.14 bits per heavy atom. The van der Waals surface area contributed by atoms with E-state index >= 15 is 0 Å². The average Bonchev–Trinajstić information content (AvgIpc) is 3.19. The molecule has 0 aliphatic heterocycles. The largest absolute Gasteiger partial charge is 0.443 e. The molecule has 0 fully saturated rings. The summed E-state index contributed by atoms with van der Waals surface area (Å²) in [5.74, 6) is 0. The van der Waals surface area contributed by atoms with Crippen molar-refractivity contribution in [2.45, 2.75) is 39.1 Å². The van der Waals surface area contributed by atoms with E-state index in [2.05, 4.69) is 10.3 Å². The number of hydrogen-bond acceptors (Lipinski definition) is 5. The lowest BCUT2D eigenvalue weighted by atomic mass is 10.0. The molecule has 3 N–H and O–H groups in total. The SMILES string of the molecule is Cn1cnc(-c2cc(CNCCN)ccc2N(C(=O)OC(C)(C)C)c2ccc(C(F)(F)F)cc2)c1. The highest BCUT2D eigenvalue weighted by molar-refractivity contribution is 6.00. The number of rotatable bonds is 7. The molecule has 0 unspecified atom stereocenters. The molecule has 3 rings (SSSR count). The molecule has 3 aromatic rings. The van der Waals surface area contributed by atoms with E-state index in [0.29, 0.717) is 36.6 Å². The molecule has 0 atom stereocenters. The Kier molecular flexibility index (Phi) is 7.86. The predicted octanol–water partition coefficient (Wildman–Crippen LogP) is 5.23. The van der Waals surface area contributed by atoms with E-state index in [-0.39, 0.29) is 5.69 Å². The molecule has 0 saturated heterocycles. The lowest BCUT2D eigenvalue weighted by Gasteiger charge is -2.29. The number of amides is 1. The van der Waals surface area contributed by atoms with Crippen LogP contribution in [0.1, 0.15) is 31.9 Å². The Morgan fingerprint density at radius 3 is 2.37 bits per heavy atom. The number of hydrogen-bond donors (Lipinski definition) is 2. The molecule has 1 aromatic heterocycles. The molecule has 35 heavy (non-hydrogen) atoms. The van der Waals surface area contributed by atoms with Crippen LogP contribution in [0.4, 0.5) is 29.3 Å². The van der Waals surface area contributed by atoms with Crippen molar-refractivity contribution in [3.05, 3.63) is 66.1 Å². The van der Waals surface area contributed by atoms with Crippen molar-refractivity contribution in [2.75, 3.05) is 18.0 Å². The number of ether oxygens (including phenoxy) is 1. The van der Waals surface area contributed by atoms with E-state index in [1.807, 2.05) is 19.2 Å². The molecule has 0 spiro atoms. The van der Waals surface area contributed by atoms with E-state index in [1.165, 1.54) is 17.0 Å². The number of anilines is 2. The highest BCUT2D eigenvalue weighted by atomic mass is 19.4. The quantitative estimate of drug-likeness (QED) is 0.444. The van der Waals surface area contributed by atoms with Crippen molar-refractivity contribution in [3.63, 3.8) is 0 Å². The van der Waals surface area contributed by atoms with Crippen molar-refractivity contribution >= 4 is 17.5 Å². The summed E-state index contributed by atoms with van der Waals surface area (Å²) in [6, 6.07) is 9.87. The van der Waals surface area contributed by atoms with Gasteiger partial charge in [0.15, 0.2) is 0 Å². The molecular formula is C25H30F3N5O2. The number of imidazole rings is 1. The van der Waals surface area contributed by atoms with Gasteiger partial charge in [-0.3, -0.25) is 0 Å². The third-order valence-electron chi connectivity index (χ3n) is 4.96. The van der Waals surface area contributed by atoms with Crippen LogP contribution in [0.5, 0.6) is 0 Å².